The van der Waals surface area contributed by atoms with Crippen molar-refractivity contribution in [1.82, 2.24) is 10.4 Å². The van der Waals surface area contributed by atoms with E-state index in [1.807, 2.05) is 42.5 Å². The van der Waals surface area contributed by atoms with Gasteiger partial charge in [-0.2, -0.15) is 8.78 Å². The van der Waals surface area contributed by atoms with Gasteiger partial charge in [0.05, 0.1) is 12.2 Å². The van der Waals surface area contributed by atoms with E-state index in [0.717, 1.165) is 40.1 Å². The lowest BCUT2D eigenvalue weighted by molar-refractivity contribution is -0.0498. The van der Waals surface area contributed by atoms with Gasteiger partial charge in [0.15, 0.2) is 0 Å². The Hall–Kier alpha value is -5.05. The van der Waals surface area contributed by atoms with Gasteiger partial charge in [-0.05, 0) is 91.7 Å². The molecule has 2 aliphatic heterocycles. The van der Waals surface area contributed by atoms with Crippen LogP contribution in [-0.2, 0) is 6.42 Å². The van der Waals surface area contributed by atoms with Crippen LogP contribution in [0.3, 0.4) is 0 Å². The lowest BCUT2D eigenvalue weighted by atomic mass is 9.97. The highest BCUT2D eigenvalue weighted by molar-refractivity contribution is 5.98. The number of anilines is 1. The maximum atomic E-state index is 13.3. The molecule has 2 aliphatic rings. The third kappa shape index (κ3) is 6.00. The zero-order valence-corrected chi connectivity index (χ0v) is 23.1. The van der Waals surface area contributed by atoms with Crippen molar-refractivity contribution in [1.29, 1.82) is 0 Å². The third-order valence-electron chi connectivity index (χ3n) is 6.97. The average molecular weight is 570 g/mol. The Bertz CT molecular complexity index is 1620. The number of hydrogen-bond donors (Lipinski definition) is 2. The van der Waals surface area contributed by atoms with Crippen molar-refractivity contribution < 1.29 is 27.8 Å². The lowest BCUT2D eigenvalue weighted by Crippen LogP contribution is -2.40. The van der Waals surface area contributed by atoms with Crippen LogP contribution < -0.4 is 25.0 Å². The maximum absolute atomic E-state index is 13.3. The molecule has 42 heavy (non-hydrogen) atoms. The maximum Gasteiger partial charge on any atom is 0.387 e. The number of hydrogen-bond acceptors (Lipinski definition) is 5. The summed E-state index contributed by atoms with van der Waals surface area (Å²) in [6.07, 6.45) is 0.812. The van der Waals surface area contributed by atoms with Crippen LogP contribution in [0.25, 0.3) is 11.3 Å². The number of carbonyl (C=O) groups excluding carboxylic acids is 1. The van der Waals surface area contributed by atoms with Gasteiger partial charge in [-0.3, -0.25) is 5.43 Å². The number of hydrazine groups is 1. The molecule has 0 spiro atoms. The average Bonchev–Trinajstić information content (AvgIpc) is 3.55. The van der Waals surface area contributed by atoms with E-state index >= 15 is 0 Å². The van der Waals surface area contributed by atoms with Crippen molar-refractivity contribution in [2.45, 2.75) is 32.5 Å². The van der Waals surface area contributed by atoms with Crippen LogP contribution in [-0.4, -0.2) is 29.8 Å². The first kappa shape index (κ1) is 27.1. The van der Waals surface area contributed by atoms with Crippen LogP contribution in [0.4, 0.5) is 19.3 Å². The van der Waals surface area contributed by atoms with Gasteiger partial charge >= 0.3 is 12.6 Å². The van der Waals surface area contributed by atoms with Gasteiger partial charge in [0.1, 0.15) is 28.6 Å². The number of nitrogens with zero attached hydrogens (tertiary/aromatic N) is 1. The smallest absolute Gasteiger partial charge is 0.387 e. The molecule has 214 valence electrons. The molecule has 0 aliphatic carbocycles. The molecule has 2 N–H and O–H groups in total. The predicted octanol–water partition coefficient (Wildman–Crippen LogP) is 7.71. The SMILES string of the molecule is CC1(C)Cc2cc(C3=C(c4ccccc4)CN(C(=O)Nc4ccc(Oc5ccc(OC(F)F)cc5)cc4)N3)ccc2O1. The molecule has 0 radical (unpaired) electrons. The molecule has 2 heterocycles. The molecule has 4 aromatic rings. The summed E-state index contributed by atoms with van der Waals surface area (Å²) in [7, 11) is 0. The highest BCUT2D eigenvalue weighted by atomic mass is 19.3. The number of carbonyl (C=O) groups is 1. The van der Waals surface area contributed by atoms with Crippen molar-refractivity contribution in [3.8, 4) is 23.0 Å². The summed E-state index contributed by atoms with van der Waals surface area (Å²) in [5.74, 6) is 1.92. The number of halogens is 2. The Morgan fingerprint density at radius 2 is 1.57 bits per heavy atom. The highest BCUT2D eigenvalue weighted by Gasteiger charge is 2.32. The second-order valence-electron chi connectivity index (χ2n) is 10.7. The summed E-state index contributed by atoms with van der Waals surface area (Å²) in [5, 5.41) is 4.49. The van der Waals surface area contributed by atoms with E-state index in [0.29, 0.717) is 23.7 Å². The van der Waals surface area contributed by atoms with Crippen molar-refractivity contribution in [2.24, 2.45) is 0 Å². The molecule has 0 fully saturated rings. The summed E-state index contributed by atoms with van der Waals surface area (Å²) in [4.78, 5) is 13.3. The van der Waals surface area contributed by atoms with Gasteiger partial charge in [0.25, 0.3) is 0 Å². The molecule has 0 atom stereocenters. The Morgan fingerprint density at radius 1 is 0.905 bits per heavy atom. The standard InChI is InChI=1S/C33H29F2N3O4/c1-33(2)19-23-18-22(8-17-29(23)42-33)30-28(21-6-4-3-5-7-21)20-38(37-30)32(39)36-24-9-11-25(12-10-24)40-26-13-15-27(16-14-26)41-31(34)35/h3-18,31,37H,19-20H2,1-2H3,(H,36,39). The van der Waals surface area contributed by atoms with E-state index in [1.165, 1.54) is 24.3 Å². The van der Waals surface area contributed by atoms with Crippen LogP contribution in [0, 0.1) is 0 Å². The molecular weight excluding hydrogens is 540 g/mol. The lowest BCUT2D eigenvalue weighted by Gasteiger charge is -2.19. The Balaban J connectivity index is 1.14. The minimum atomic E-state index is -2.88. The number of alkyl halides is 2. The van der Waals surface area contributed by atoms with Crippen molar-refractivity contribution in [3.63, 3.8) is 0 Å². The predicted molar refractivity (Wildman–Crippen MR) is 157 cm³/mol. The van der Waals surface area contributed by atoms with Gasteiger partial charge < -0.3 is 19.5 Å². The normalized spacial score (nSPS) is 15.2. The second kappa shape index (κ2) is 11.1. The summed E-state index contributed by atoms with van der Waals surface area (Å²) >= 11 is 0. The van der Waals surface area contributed by atoms with Crippen LogP contribution >= 0.6 is 0 Å². The van der Waals surface area contributed by atoms with E-state index in [-0.39, 0.29) is 17.4 Å². The minimum absolute atomic E-state index is 0.0492. The first-order chi connectivity index (χ1) is 20.2. The van der Waals surface area contributed by atoms with E-state index in [4.69, 9.17) is 9.47 Å². The number of urea groups is 1. The van der Waals surface area contributed by atoms with Gasteiger partial charge in [-0.15, -0.1) is 0 Å². The fourth-order valence-corrected chi connectivity index (χ4v) is 5.10. The van der Waals surface area contributed by atoms with Gasteiger partial charge in [0, 0.05) is 23.2 Å². The Labute approximate surface area is 242 Å². The van der Waals surface area contributed by atoms with E-state index < -0.39 is 6.61 Å². The van der Waals surface area contributed by atoms with Crippen LogP contribution in [0.5, 0.6) is 23.0 Å². The summed E-state index contributed by atoms with van der Waals surface area (Å²) < 4.78 is 40.9. The molecule has 7 nitrogen and oxygen atoms in total. The number of fused-ring (bicyclic) bond motifs is 1. The highest BCUT2D eigenvalue weighted by Crippen LogP contribution is 2.38. The first-order valence-corrected chi connectivity index (χ1v) is 13.5. The number of amides is 2. The van der Waals surface area contributed by atoms with Crippen LogP contribution in [0.2, 0.25) is 0 Å². The van der Waals surface area contributed by atoms with E-state index in [1.54, 1.807) is 29.3 Å². The van der Waals surface area contributed by atoms with Crippen LogP contribution in [0.15, 0.2) is 97.1 Å². The quantitative estimate of drug-likeness (QED) is 0.239. The Kier molecular flexibility index (Phi) is 7.16. The van der Waals surface area contributed by atoms with E-state index in [9.17, 15) is 13.6 Å². The van der Waals surface area contributed by atoms with Crippen LogP contribution in [0.1, 0.15) is 30.5 Å². The zero-order chi connectivity index (χ0) is 29.3. The minimum Gasteiger partial charge on any atom is -0.487 e. The first-order valence-electron chi connectivity index (χ1n) is 13.5. The largest absolute Gasteiger partial charge is 0.487 e. The molecular formula is C33H29F2N3O4. The molecule has 0 bridgehead atoms. The molecule has 0 unspecified atom stereocenters. The zero-order valence-electron chi connectivity index (χ0n) is 23.1. The molecule has 6 rings (SSSR count). The topological polar surface area (TPSA) is 72.1 Å². The molecule has 0 saturated heterocycles. The van der Waals surface area contributed by atoms with Gasteiger partial charge in [-0.25, -0.2) is 9.80 Å². The number of rotatable bonds is 7. The summed E-state index contributed by atoms with van der Waals surface area (Å²) in [6.45, 7) is 1.64. The molecule has 4 aromatic carbocycles. The van der Waals surface area contributed by atoms with Crippen molar-refractivity contribution in [3.05, 3.63) is 114 Å². The summed E-state index contributed by atoms with van der Waals surface area (Å²) in [5.41, 5.74) is 8.71. The molecule has 0 aromatic heterocycles. The monoisotopic (exact) mass is 569 g/mol. The van der Waals surface area contributed by atoms with Crippen molar-refractivity contribution in [2.75, 3.05) is 11.9 Å². The molecule has 9 heteroatoms. The fraction of sp³-hybridized carbons (Fsp3) is 0.182. The fourth-order valence-electron chi connectivity index (χ4n) is 5.10. The third-order valence-corrected chi connectivity index (χ3v) is 6.97. The van der Waals surface area contributed by atoms with Crippen molar-refractivity contribution >= 4 is 23.0 Å². The summed E-state index contributed by atoms with van der Waals surface area (Å²) in [6, 6.07) is 28.6. The Morgan fingerprint density at radius 3 is 2.26 bits per heavy atom. The number of nitrogens with one attached hydrogen (secondary N) is 2. The van der Waals surface area contributed by atoms with Gasteiger partial charge in [-0.1, -0.05) is 30.3 Å². The number of benzene rings is 4. The molecule has 0 saturated carbocycles. The number of ether oxygens (including phenoxy) is 3. The van der Waals surface area contributed by atoms with E-state index in [2.05, 4.69) is 35.4 Å². The molecule has 2 amide bonds. The van der Waals surface area contributed by atoms with Gasteiger partial charge in [0.2, 0.25) is 0 Å². The second-order valence-corrected chi connectivity index (χ2v) is 10.7.